The Morgan fingerprint density at radius 3 is 2.78 bits per heavy atom. The lowest BCUT2D eigenvalue weighted by molar-refractivity contribution is -0.175. The number of benzene rings is 1. The first-order valence-electron chi connectivity index (χ1n) is 14.0. The smallest absolute Gasteiger partial charge is 0.157 e. The first-order chi connectivity index (χ1) is 17.1. The molecule has 6 heteroatoms. The molecule has 6 rings (SSSR count). The minimum Gasteiger partial charge on any atom is -0.390 e. The lowest BCUT2D eigenvalue weighted by atomic mass is 9.43. The van der Waals surface area contributed by atoms with Crippen LogP contribution in [0.2, 0.25) is 5.02 Å². The lowest BCUT2D eigenvalue weighted by Crippen LogP contribution is -2.58. The molecule has 8 atom stereocenters. The molecule has 4 fully saturated rings. The maximum Gasteiger partial charge on any atom is 0.157 e. The van der Waals surface area contributed by atoms with E-state index in [1.54, 1.807) is 0 Å². The van der Waals surface area contributed by atoms with Crippen molar-refractivity contribution >= 4 is 28.3 Å². The fourth-order valence-corrected chi connectivity index (χ4v) is 9.89. The van der Waals surface area contributed by atoms with Crippen molar-refractivity contribution in [3.05, 3.63) is 29.4 Å². The summed E-state index contributed by atoms with van der Waals surface area (Å²) in [4.78, 5) is 13.7. The number of ketones is 1. The van der Waals surface area contributed by atoms with Crippen molar-refractivity contribution in [3.63, 3.8) is 0 Å². The second kappa shape index (κ2) is 8.81. The quantitative estimate of drug-likeness (QED) is 0.511. The third kappa shape index (κ3) is 3.87. The van der Waals surface area contributed by atoms with E-state index in [0.717, 1.165) is 56.0 Å². The van der Waals surface area contributed by atoms with E-state index in [1.165, 1.54) is 19.3 Å². The third-order valence-electron chi connectivity index (χ3n) is 11.3. The Bertz CT molecular complexity index is 1160. The molecular formula is C30H41ClN2O3. The fourth-order valence-electron chi connectivity index (χ4n) is 9.71. The summed E-state index contributed by atoms with van der Waals surface area (Å²) in [5.74, 6) is 2.94. The number of methoxy groups -OCH3 is 1. The molecule has 1 aromatic carbocycles. The molecule has 1 N–H and O–H groups in total. The van der Waals surface area contributed by atoms with Gasteiger partial charge >= 0.3 is 0 Å². The van der Waals surface area contributed by atoms with Crippen LogP contribution in [0.3, 0.4) is 0 Å². The molecule has 1 aromatic heterocycles. The molecule has 2 aromatic rings. The number of Topliss-reactive ketones (excluding diaryl/α,β-unsaturated/α-hetero) is 1. The van der Waals surface area contributed by atoms with Gasteiger partial charge in [-0.3, -0.25) is 9.48 Å². The van der Waals surface area contributed by atoms with Crippen LogP contribution in [0.25, 0.3) is 10.9 Å². The van der Waals surface area contributed by atoms with E-state index in [-0.39, 0.29) is 16.7 Å². The molecule has 36 heavy (non-hydrogen) atoms. The highest BCUT2D eigenvalue weighted by atomic mass is 35.5. The molecule has 196 valence electrons. The van der Waals surface area contributed by atoms with Crippen molar-refractivity contribution < 1.29 is 14.6 Å². The number of aliphatic hydroxyl groups is 1. The van der Waals surface area contributed by atoms with Crippen molar-refractivity contribution in [1.82, 2.24) is 9.78 Å². The van der Waals surface area contributed by atoms with Crippen LogP contribution in [-0.4, -0.2) is 40.0 Å². The number of carbonyl (C=O) groups excluding carboxylic acids is 1. The topological polar surface area (TPSA) is 64.3 Å². The molecule has 5 nitrogen and oxygen atoms in total. The molecule has 0 aliphatic heterocycles. The summed E-state index contributed by atoms with van der Waals surface area (Å²) in [5, 5.41) is 17.2. The number of ether oxygens (including phenoxy) is 1. The molecular weight excluding hydrogens is 472 g/mol. The fraction of sp³-hybridized carbons (Fsp3) is 0.733. The summed E-state index contributed by atoms with van der Waals surface area (Å²) >= 11 is 6.15. The molecule has 0 amide bonds. The standard InChI is InChI=1S/C30H41ClN2O3/c1-28(35)12-13-30(18-36-3)20(15-28)4-6-22-23-7-8-25(29(23,2)11-10-24(22)30)27(34)17-33-16-19-14-21(31)5-9-26(19)32-33/h5,9,14,16,20,22-25,35H,4,6-8,10-13,15,17-18H2,1-3H3/t20-,22+,23+,24+,25-,28-,29+,30-/m1/s1. The van der Waals surface area contributed by atoms with E-state index < -0.39 is 5.60 Å². The molecule has 0 saturated heterocycles. The summed E-state index contributed by atoms with van der Waals surface area (Å²) in [5.41, 5.74) is 0.621. The van der Waals surface area contributed by atoms with Crippen LogP contribution in [0.1, 0.15) is 71.6 Å². The second-order valence-electron chi connectivity index (χ2n) is 13.2. The Hall–Kier alpha value is -1.43. The zero-order valence-electron chi connectivity index (χ0n) is 22.0. The predicted molar refractivity (Wildman–Crippen MR) is 142 cm³/mol. The predicted octanol–water partition coefficient (Wildman–Crippen LogP) is 6.30. The zero-order chi connectivity index (χ0) is 25.3. The van der Waals surface area contributed by atoms with Crippen molar-refractivity contribution in [1.29, 1.82) is 0 Å². The largest absolute Gasteiger partial charge is 0.390 e. The van der Waals surface area contributed by atoms with Gasteiger partial charge in [0.25, 0.3) is 0 Å². The van der Waals surface area contributed by atoms with Gasteiger partial charge in [-0.1, -0.05) is 18.5 Å². The van der Waals surface area contributed by atoms with Gasteiger partial charge in [-0.2, -0.15) is 5.10 Å². The van der Waals surface area contributed by atoms with Gasteiger partial charge in [-0.05, 0) is 117 Å². The van der Waals surface area contributed by atoms with Crippen LogP contribution in [0.5, 0.6) is 0 Å². The summed E-state index contributed by atoms with van der Waals surface area (Å²) in [7, 11) is 1.85. The number of hydrogen-bond donors (Lipinski definition) is 1. The summed E-state index contributed by atoms with van der Waals surface area (Å²) in [6.45, 7) is 5.61. The minimum atomic E-state index is -0.536. The number of aromatic nitrogens is 2. The van der Waals surface area contributed by atoms with Crippen LogP contribution in [0.15, 0.2) is 24.4 Å². The number of carbonyl (C=O) groups is 1. The van der Waals surface area contributed by atoms with E-state index in [4.69, 9.17) is 16.3 Å². The van der Waals surface area contributed by atoms with Crippen molar-refractivity contribution in [3.8, 4) is 0 Å². The molecule has 0 radical (unpaired) electrons. The Morgan fingerprint density at radius 2 is 1.97 bits per heavy atom. The number of hydrogen-bond acceptors (Lipinski definition) is 4. The van der Waals surface area contributed by atoms with E-state index in [0.29, 0.717) is 41.0 Å². The Morgan fingerprint density at radius 1 is 1.14 bits per heavy atom. The number of halogens is 1. The highest BCUT2D eigenvalue weighted by Crippen LogP contribution is 2.68. The van der Waals surface area contributed by atoms with E-state index >= 15 is 0 Å². The number of rotatable bonds is 5. The van der Waals surface area contributed by atoms with Crippen LogP contribution in [0, 0.1) is 40.4 Å². The maximum atomic E-state index is 13.7. The summed E-state index contributed by atoms with van der Waals surface area (Å²) in [6.07, 6.45) is 11.7. The SMILES string of the molecule is COC[C@]12CC[C@@](C)(O)C[C@H]1CC[C@H]1[C@@H]3CC[C@H](C(=O)Cn4cc5cc(Cl)ccc5n4)[C@@]3(C)CC[C@@H]12. The molecule has 4 aliphatic carbocycles. The van der Waals surface area contributed by atoms with Gasteiger partial charge in [0.05, 0.1) is 24.3 Å². The zero-order valence-corrected chi connectivity index (χ0v) is 22.8. The van der Waals surface area contributed by atoms with Gasteiger partial charge in [0.2, 0.25) is 0 Å². The molecule has 4 saturated carbocycles. The van der Waals surface area contributed by atoms with Gasteiger partial charge in [0.15, 0.2) is 5.78 Å². The Labute approximate surface area is 219 Å². The van der Waals surface area contributed by atoms with Crippen molar-refractivity contribution in [2.24, 2.45) is 40.4 Å². The van der Waals surface area contributed by atoms with Crippen LogP contribution in [-0.2, 0) is 16.1 Å². The highest BCUT2D eigenvalue weighted by Gasteiger charge is 2.63. The van der Waals surface area contributed by atoms with Crippen LogP contribution >= 0.6 is 11.6 Å². The van der Waals surface area contributed by atoms with Gasteiger partial charge in [0.1, 0.15) is 0 Å². The summed E-state index contributed by atoms with van der Waals surface area (Å²) < 4.78 is 7.72. The van der Waals surface area contributed by atoms with Crippen molar-refractivity contribution in [2.75, 3.05) is 13.7 Å². The van der Waals surface area contributed by atoms with Crippen molar-refractivity contribution in [2.45, 2.75) is 83.8 Å². The lowest BCUT2D eigenvalue weighted by Gasteiger charge is -2.62. The first kappa shape index (κ1) is 24.9. The monoisotopic (exact) mass is 512 g/mol. The minimum absolute atomic E-state index is 0.0788. The molecule has 1 heterocycles. The van der Waals surface area contributed by atoms with Gasteiger partial charge in [-0.25, -0.2) is 0 Å². The second-order valence-corrected chi connectivity index (χ2v) is 13.6. The van der Waals surface area contributed by atoms with Gasteiger partial charge < -0.3 is 9.84 Å². The molecule has 0 unspecified atom stereocenters. The van der Waals surface area contributed by atoms with Gasteiger partial charge in [0, 0.05) is 29.6 Å². The van der Waals surface area contributed by atoms with E-state index in [1.807, 2.05) is 43.1 Å². The normalized spacial score (nSPS) is 42.1. The summed E-state index contributed by atoms with van der Waals surface area (Å²) in [6, 6.07) is 5.68. The van der Waals surface area contributed by atoms with E-state index in [9.17, 15) is 9.90 Å². The Balaban J connectivity index is 1.22. The molecule has 4 aliphatic rings. The third-order valence-corrected chi connectivity index (χ3v) is 11.5. The Kier molecular flexibility index (Phi) is 6.09. The molecule has 0 bridgehead atoms. The molecule has 0 spiro atoms. The average Bonchev–Trinajstić information content (AvgIpc) is 3.38. The van der Waals surface area contributed by atoms with E-state index in [2.05, 4.69) is 12.0 Å². The number of nitrogens with zero attached hydrogens (tertiary/aromatic N) is 2. The number of fused-ring (bicyclic) bond motifs is 6. The van der Waals surface area contributed by atoms with Crippen LogP contribution in [0.4, 0.5) is 0 Å². The van der Waals surface area contributed by atoms with Crippen LogP contribution < -0.4 is 0 Å². The first-order valence-corrected chi connectivity index (χ1v) is 14.4. The highest BCUT2D eigenvalue weighted by molar-refractivity contribution is 6.31. The maximum absolute atomic E-state index is 13.7. The van der Waals surface area contributed by atoms with Gasteiger partial charge in [-0.15, -0.1) is 0 Å². The average molecular weight is 513 g/mol.